The molecular formula is C92H68N4OS2. The molecule has 2 aliphatic carbocycles. The van der Waals surface area contributed by atoms with Crippen LogP contribution in [-0.4, -0.2) is 14.2 Å². The Labute approximate surface area is 583 Å². The van der Waals surface area contributed by atoms with E-state index in [9.17, 15) is 5.11 Å². The van der Waals surface area contributed by atoms with Crippen LogP contribution in [0.1, 0.15) is 61.1 Å². The molecule has 99 heavy (non-hydrogen) atoms. The van der Waals surface area contributed by atoms with Crippen molar-refractivity contribution in [2.24, 2.45) is 0 Å². The third-order valence-corrected chi connectivity index (χ3v) is 23.7. The van der Waals surface area contributed by atoms with Gasteiger partial charge in [-0.2, -0.15) is 0 Å². The van der Waals surface area contributed by atoms with Gasteiger partial charge in [0.15, 0.2) is 0 Å². The maximum atomic E-state index is 9.89. The lowest BCUT2D eigenvalue weighted by Gasteiger charge is -2.27. The number of aliphatic hydroxyl groups excluding tert-OH is 1. The first-order chi connectivity index (χ1) is 48.5. The average Bonchev–Trinajstić information content (AvgIpc) is 1.58. The summed E-state index contributed by atoms with van der Waals surface area (Å²) in [5.41, 5.74) is 26.7. The second kappa shape index (κ2) is 22.6. The molecular weight excluding hydrogens is 1240 g/mol. The number of aryl methyl sites for hydroxylation is 1. The molecule has 4 aromatic heterocycles. The third-order valence-electron chi connectivity index (χ3n) is 21.4. The molecule has 0 atom stereocenters. The number of rotatable bonds is 9. The first-order valence-electron chi connectivity index (χ1n) is 34.2. The van der Waals surface area contributed by atoms with E-state index in [1.165, 1.54) is 140 Å². The number of aliphatic hydroxyl groups is 1. The van der Waals surface area contributed by atoms with Crippen LogP contribution >= 0.6 is 22.7 Å². The molecule has 14 aromatic carbocycles. The molecule has 0 bridgehead atoms. The molecule has 0 spiro atoms. The Hall–Kier alpha value is -11.3. The van der Waals surface area contributed by atoms with Gasteiger partial charge in [0, 0.05) is 107 Å². The zero-order valence-corrected chi connectivity index (χ0v) is 57.3. The van der Waals surface area contributed by atoms with Crippen molar-refractivity contribution in [3.8, 4) is 33.6 Å². The predicted octanol–water partition coefficient (Wildman–Crippen LogP) is 25.7. The highest BCUT2D eigenvalue weighted by Crippen LogP contribution is 2.54. The quantitative estimate of drug-likeness (QED) is 0.156. The Bertz CT molecular complexity index is 6320. The second-order valence-electron chi connectivity index (χ2n) is 27.7. The first kappa shape index (κ1) is 59.0. The summed E-state index contributed by atoms with van der Waals surface area (Å²) in [5.74, 6) is 0. The molecule has 5 nitrogen and oxygen atoms in total. The lowest BCUT2D eigenvalue weighted by Crippen LogP contribution is -2.15. The van der Waals surface area contributed by atoms with Crippen LogP contribution in [0, 0.1) is 6.92 Å². The van der Waals surface area contributed by atoms with Gasteiger partial charge >= 0.3 is 0 Å². The Morgan fingerprint density at radius 1 is 0.313 bits per heavy atom. The molecule has 0 amide bonds. The predicted molar refractivity (Wildman–Crippen MR) is 422 cm³/mol. The molecule has 474 valence electrons. The molecule has 20 rings (SSSR count). The van der Waals surface area contributed by atoms with Crippen molar-refractivity contribution >= 4 is 141 Å². The average molecular weight is 1310 g/mol. The Morgan fingerprint density at radius 2 is 0.687 bits per heavy atom. The minimum absolute atomic E-state index is 0.0128. The van der Waals surface area contributed by atoms with Gasteiger partial charge in [0.05, 0.1) is 40.0 Å². The molecule has 0 unspecified atom stereocenters. The molecule has 18 aromatic rings. The van der Waals surface area contributed by atoms with Crippen molar-refractivity contribution in [1.29, 1.82) is 0 Å². The van der Waals surface area contributed by atoms with Crippen LogP contribution in [0.25, 0.3) is 118 Å². The lowest BCUT2D eigenvalue weighted by atomic mass is 9.82. The number of thiophene rings is 2. The minimum atomic E-state index is -0.0894. The molecule has 0 radical (unpaired) electrons. The molecule has 1 N–H and O–H groups in total. The van der Waals surface area contributed by atoms with E-state index in [1.807, 2.05) is 34.8 Å². The second-order valence-corrected chi connectivity index (χ2v) is 29.9. The number of para-hydroxylation sites is 2. The largest absolute Gasteiger partial charge is 0.392 e. The van der Waals surface area contributed by atoms with E-state index in [0.717, 1.165) is 45.2 Å². The summed E-state index contributed by atoms with van der Waals surface area (Å²) in [7, 11) is 0. The number of nitrogens with zero attached hydrogens (tertiary/aromatic N) is 4. The highest BCUT2D eigenvalue weighted by Gasteiger charge is 2.37. The third kappa shape index (κ3) is 9.15. The molecule has 7 heteroatoms. The topological polar surface area (TPSA) is 36.6 Å². The summed E-state index contributed by atoms with van der Waals surface area (Å²) in [4.78, 5) is 4.83. The van der Waals surface area contributed by atoms with Crippen molar-refractivity contribution in [2.45, 2.75) is 52.1 Å². The van der Waals surface area contributed by atoms with Crippen LogP contribution in [0.2, 0.25) is 0 Å². The highest BCUT2D eigenvalue weighted by molar-refractivity contribution is 7.26. The number of hydrogen-bond acceptors (Lipinski definition) is 5. The monoisotopic (exact) mass is 1310 g/mol. The zero-order valence-electron chi connectivity index (χ0n) is 55.6. The van der Waals surface area contributed by atoms with Crippen LogP contribution < -0.4 is 9.80 Å². The van der Waals surface area contributed by atoms with Crippen molar-refractivity contribution in [3.63, 3.8) is 0 Å². The van der Waals surface area contributed by atoms with E-state index in [1.54, 1.807) is 0 Å². The highest BCUT2D eigenvalue weighted by atomic mass is 32.1. The van der Waals surface area contributed by atoms with Crippen molar-refractivity contribution < 1.29 is 5.11 Å². The first-order valence-corrected chi connectivity index (χ1v) is 35.8. The summed E-state index contributed by atoms with van der Waals surface area (Å²) in [5, 5.41) is 19.9. The van der Waals surface area contributed by atoms with Crippen LogP contribution in [0.5, 0.6) is 0 Å². The maximum Gasteiger partial charge on any atom is 0.0681 e. The number of hydrogen-bond donors (Lipinski definition) is 1. The van der Waals surface area contributed by atoms with Crippen LogP contribution in [0.15, 0.2) is 303 Å². The number of aromatic nitrogens is 2. The van der Waals surface area contributed by atoms with E-state index >= 15 is 0 Å². The van der Waals surface area contributed by atoms with Crippen molar-refractivity contribution in [1.82, 2.24) is 9.13 Å². The van der Waals surface area contributed by atoms with E-state index in [2.05, 4.69) is 345 Å². The molecule has 0 fully saturated rings. The van der Waals surface area contributed by atoms with Crippen molar-refractivity contribution in [2.75, 3.05) is 9.80 Å². The van der Waals surface area contributed by atoms with Gasteiger partial charge in [-0.25, -0.2) is 0 Å². The zero-order chi connectivity index (χ0) is 66.4. The van der Waals surface area contributed by atoms with E-state index in [0.29, 0.717) is 0 Å². The van der Waals surface area contributed by atoms with E-state index < -0.39 is 0 Å². The number of benzene rings is 14. The molecule has 0 saturated carbocycles. The SMILES string of the molecule is CC1(C)c2ccccc2-c2ccc(-n3c4ccccc4c4c(N(c5ccc(CO)cc5)c5ccc6sc7ccccc7c6c5)cccc43)cc21.Cc1ccc(N(c2ccc3sc4ccccc4c3c2)c2cccc3c2c2ccccc2n3-c2ccc3c(c2)C(C)(C)c2ccccc2-3)cc1. The van der Waals surface area contributed by atoms with Crippen LogP contribution in [0.4, 0.5) is 34.1 Å². The fraction of sp³-hybridized carbons (Fsp3) is 0.0870. The Balaban J connectivity index is 0.000000138. The maximum absolute atomic E-state index is 9.89. The lowest BCUT2D eigenvalue weighted by molar-refractivity contribution is 0.282. The number of fused-ring (bicyclic) bond motifs is 18. The standard InChI is InChI=1S/C46H34N2OS.C46H34N2S/c1-46(2)38-13-6-3-10-33(38)34-24-22-32(27-39(34)46)48-40-14-7-4-12-36(40)45-41(15-9-16-42(45)48)47(30-20-18-29(28-49)19-21-30)31-23-25-44-37(26-31)35-11-5-8-17-43(35)50-44;1-29-19-21-30(22-20-29)47(31-24-26-44-37(27-31)35-12-6-9-18-43(35)49-44)41-16-10-17-42-45(41)36-13-5-8-15-40(36)48(42)32-23-25-34-33-11-4-7-14-38(33)46(2,3)39(34)28-32/h3-27,49H,28H2,1-2H3;4-28H,1-3H3. The summed E-state index contributed by atoms with van der Waals surface area (Å²) in [6, 6.07) is 111. The van der Waals surface area contributed by atoms with Gasteiger partial charge in [-0.05, 0) is 190 Å². The van der Waals surface area contributed by atoms with Crippen LogP contribution in [0.3, 0.4) is 0 Å². The van der Waals surface area contributed by atoms with Gasteiger partial charge in [-0.15, -0.1) is 22.7 Å². The summed E-state index contributed by atoms with van der Waals surface area (Å²) in [6.07, 6.45) is 0. The number of anilines is 6. The van der Waals surface area contributed by atoms with Gasteiger partial charge in [0.25, 0.3) is 0 Å². The molecule has 4 heterocycles. The molecule has 0 saturated heterocycles. The molecule has 0 aliphatic heterocycles. The summed E-state index contributed by atoms with van der Waals surface area (Å²) in [6.45, 7) is 11.6. The fourth-order valence-electron chi connectivity index (χ4n) is 16.6. The van der Waals surface area contributed by atoms with Gasteiger partial charge in [-0.1, -0.05) is 203 Å². The van der Waals surface area contributed by atoms with E-state index in [-0.39, 0.29) is 17.4 Å². The molecule has 2 aliphatic rings. The summed E-state index contributed by atoms with van der Waals surface area (Å²) >= 11 is 3.70. The van der Waals surface area contributed by atoms with Gasteiger partial charge in [-0.3, -0.25) is 0 Å². The Morgan fingerprint density at radius 3 is 1.15 bits per heavy atom. The van der Waals surface area contributed by atoms with Crippen LogP contribution in [-0.2, 0) is 17.4 Å². The van der Waals surface area contributed by atoms with Gasteiger partial charge < -0.3 is 24.0 Å². The smallest absolute Gasteiger partial charge is 0.0681 e. The summed E-state index contributed by atoms with van der Waals surface area (Å²) < 4.78 is 10.1. The van der Waals surface area contributed by atoms with Gasteiger partial charge in [0.1, 0.15) is 0 Å². The normalized spacial score (nSPS) is 13.4. The Kier molecular flexibility index (Phi) is 13.5. The van der Waals surface area contributed by atoms with Crippen molar-refractivity contribution in [3.05, 3.63) is 337 Å². The van der Waals surface area contributed by atoms with E-state index in [4.69, 9.17) is 0 Å². The fourth-order valence-corrected chi connectivity index (χ4v) is 18.8. The minimum Gasteiger partial charge on any atom is -0.392 e. The van der Waals surface area contributed by atoms with Gasteiger partial charge in [0.2, 0.25) is 0 Å².